The second-order valence-corrected chi connectivity index (χ2v) is 14.8. The second-order valence-electron chi connectivity index (χ2n) is 14.8. The van der Waals surface area contributed by atoms with E-state index < -0.39 is 5.60 Å². The standard InChI is InChI=1S/C45H56N4O5.Cm/c1-10-48(11-2)33-19-21-37-40(27-33)54-41-28-34(49(12-3)13-4)20-22-38(41)42(37)35-16-14-15-17-36(35)43(51)47-46-30-32-26-31(18-23-39(32)50)29-45(7,8)53-25-24-44(5,6)52-9;/h14-23,26-28,30,51H,10-13,24-25,29H2,1-9H3;/p+1. The number of ether oxygens (including phenoxy) is 2. The summed E-state index contributed by atoms with van der Waals surface area (Å²) in [5.74, 6) is 0.579. The maximum atomic E-state index is 11.5. The van der Waals surface area contributed by atoms with Crippen LogP contribution in [0.1, 0.15) is 78.5 Å². The minimum atomic E-state index is -0.436. The first-order valence-electron chi connectivity index (χ1n) is 19.1. The van der Waals surface area contributed by atoms with E-state index in [0.29, 0.717) is 24.2 Å². The van der Waals surface area contributed by atoms with Crippen molar-refractivity contribution < 1.29 is 24.1 Å². The summed E-state index contributed by atoms with van der Waals surface area (Å²) in [6.45, 7) is 20.9. The molecule has 0 amide bonds. The molecule has 0 fully saturated rings. The van der Waals surface area contributed by atoms with Gasteiger partial charge in [0.05, 0.1) is 30.1 Å². The van der Waals surface area contributed by atoms with E-state index in [-0.39, 0.29) is 17.2 Å². The first kappa shape index (κ1) is 41.8. The zero-order valence-electron chi connectivity index (χ0n) is 33.8. The van der Waals surface area contributed by atoms with Crippen LogP contribution < -0.4 is 14.8 Å². The third-order valence-electron chi connectivity index (χ3n) is 10.2. The van der Waals surface area contributed by atoms with Gasteiger partial charge in [-0.25, -0.2) is 4.58 Å². The minimum absolute atomic E-state index is 0. The number of hydrogen-bond acceptors (Lipinski definition) is 7. The first-order valence-corrected chi connectivity index (χ1v) is 19.1. The molecule has 3 aromatic rings. The SMILES string of the molecule is CCN(CC)c1ccc2c(-c3ccccc3/C(O)=N/N=C/c3cc(CC(C)(C)OCCC(C)(C)OC)ccc3O)c3ccc(=[N+](CC)CC)cc-3oc2c1.[Cm]. The van der Waals surface area contributed by atoms with Crippen LogP contribution in [0.5, 0.6) is 5.75 Å². The fraction of sp³-hybridized carbons (Fsp3) is 0.400. The van der Waals surface area contributed by atoms with Crippen LogP contribution in [0.25, 0.3) is 33.4 Å². The molecular weight excluding hydrogens is 924 g/mol. The Morgan fingerprint density at radius 3 is 2.29 bits per heavy atom. The molecule has 1 aliphatic heterocycles. The Balaban J connectivity index is 0.00000673. The van der Waals surface area contributed by atoms with Crippen molar-refractivity contribution in [3.63, 3.8) is 0 Å². The predicted molar refractivity (Wildman–Crippen MR) is 222 cm³/mol. The second kappa shape index (κ2) is 17.9. The molecule has 2 aliphatic rings. The van der Waals surface area contributed by atoms with Gasteiger partial charge in [-0.2, -0.15) is 5.10 Å². The molecule has 0 bridgehead atoms. The molecule has 9 nitrogen and oxygen atoms in total. The van der Waals surface area contributed by atoms with Gasteiger partial charge in [0, 0.05) is 72.1 Å². The number of aromatic hydroxyl groups is 1. The Bertz CT molecular complexity index is 2160. The minimum Gasteiger partial charge on any atom is -0.507 e. The summed E-state index contributed by atoms with van der Waals surface area (Å²) in [5, 5.41) is 32.6. The fourth-order valence-corrected chi connectivity index (χ4v) is 6.86. The predicted octanol–water partition coefficient (Wildman–Crippen LogP) is 9.06. The number of hydrogen-bond donors (Lipinski definition) is 2. The number of methoxy groups -OCH3 is 1. The van der Waals surface area contributed by atoms with Crippen LogP contribution in [0.4, 0.5) is 5.69 Å². The van der Waals surface area contributed by atoms with Gasteiger partial charge in [-0.3, -0.25) is 0 Å². The first-order chi connectivity index (χ1) is 25.8. The average Bonchev–Trinajstić information content (AvgIpc) is 3.15. The summed E-state index contributed by atoms with van der Waals surface area (Å²) < 4.78 is 20.7. The van der Waals surface area contributed by atoms with E-state index in [1.54, 1.807) is 13.2 Å². The van der Waals surface area contributed by atoms with Crippen LogP contribution in [0, 0.1) is 0 Å². The van der Waals surface area contributed by atoms with E-state index in [0.717, 1.165) is 82.6 Å². The Kier molecular flexibility index (Phi) is 13.6. The van der Waals surface area contributed by atoms with Crippen LogP contribution in [0.3, 0.4) is 0 Å². The van der Waals surface area contributed by atoms with Crippen LogP contribution in [0.15, 0.2) is 93.5 Å². The summed E-state index contributed by atoms with van der Waals surface area (Å²) >= 11 is 0. The summed E-state index contributed by atoms with van der Waals surface area (Å²) in [5.41, 5.74) is 5.80. The molecule has 0 saturated heterocycles. The van der Waals surface area contributed by atoms with Gasteiger partial charge in [-0.05, 0) is 109 Å². The topological polar surface area (TPSA) is 103 Å². The Morgan fingerprint density at radius 2 is 1.60 bits per heavy atom. The molecule has 0 unspecified atom stereocenters. The Labute approximate surface area is 320 Å². The molecule has 1 heterocycles. The number of aliphatic hydroxyl groups is 1. The molecule has 0 radical (unpaired) electrons. The smallest absolute Gasteiger partial charge is 0.238 e. The molecule has 2 N–H and O–H groups in total. The largest absolute Gasteiger partial charge is 0.507 e. The molecule has 1 aliphatic carbocycles. The van der Waals surface area contributed by atoms with Gasteiger partial charge in [0.2, 0.25) is 11.3 Å². The van der Waals surface area contributed by atoms with Crippen LogP contribution >= 0.6 is 0 Å². The van der Waals surface area contributed by atoms with E-state index in [1.807, 2.05) is 64.1 Å². The average molecular weight is 981 g/mol. The molecular formula is C45H57CmN4O5+. The van der Waals surface area contributed by atoms with Crippen molar-refractivity contribution in [2.75, 3.05) is 44.8 Å². The van der Waals surface area contributed by atoms with E-state index in [1.165, 1.54) is 6.21 Å². The number of aliphatic hydroxyl groups excluding tert-OH is 1. The molecule has 5 rings (SSSR count). The van der Waals surface area contributed by atoms with Crippen molar-refractivity contribution in [1.82, 2.24) is 4.58 Å². The summed E-state index contributed by atoms with van der Waals surface area (Å²) in [7, 11) is 1.71. The summed E-state index contributed by atoms with van der Waals surface area (Å²) in [6.07, 6.45) is 2.86. The molecule has 0 saturated carbocycles. The van der Waals surface area contributed by atoms with E-state index in [2.05, 4.69) is 83.8 Å². The third kappa shape index (κ3) is 9.77. The van der Waals surface area contributed by atoms with E-state index >= 15 is 0 Å². The Hall–Kier alpha value is -5.99. The van der Waals surface area contributed by atoms with Crippen molar-refractivity contribution >= 4 is 28.8 Å². The van der Waals surface area contributed by atoms with Gasteiger partial charge in [-0.15, -0.1) is 5.10 Å². The zero-order valence-corrected chi connectivity index (χ0v) is 36.7. The molecule has 10 heteroatoms. The van der Waals surface area contributed by atoms with Crippen molar-refractivity contribution in [3.8, 4) is 28.2 Å². The normalized spacial score (nSPS) is 12.4. The van der Waals surface area contributed by atoms with Crippen molar-refractivity contribution in [1.29, 1.82) is 0 Å². The zero-order chi connectivity index (χ0) is 39.0. The van der Waals surface area contributed by atoms with Crippen LogP contribution in [0.2, 0.25) is 0 Å². The number of nitrogens with zero attached hydrogens (tertiary/aromatic N) is 4. The molecule has 0 atom stereocenters. The number of fused-ring (bicyclic) bond motifs is 2. The van der Waals surface area contributed by atoms with Crippen molar-refractivity contribution in [2.45, 2.75) is 79.4 Å². The number of benzene rings is 4. The van der Waals surface area contributed by atoms with E-state index in [4.69, 9.17) is 13.9 Å². The summed E-state index contributed by atoms with van der Waals surface area (Å²) in [6, 6.07) is 25.7. The van der Waals surface area contributed by atoms with Gasteiger partial charge >= 0.3 is 0 Å². The fourth-order valence-electron chi connectivity index (χ4n) is 6.86. The molecule has 0 spiro atoms. The van der Waals surface area contributed by atoms with E-state index in [9.17, 15) is 10.2 Å². The van der Waals surface area contributed by atoms with Crippen LogP contribution in [-0.4, -0.2) is 73.4 Å². The number of phenolic OH excluding ortho intramolecular Hbond substituents is 1. The molecule has 0 aromatic heterocycles. The quantitative estimate of drug-likeness (QED) is 0.0337. The van der Waals surface area contributed by atoms with Crippen molar-refractivity contribution in [3.05, 3.63) is 101 Å². The summed E-state index contributed by atoms with van der Waals surface area (Å²) in [4.78, 5) is 2.29. The Morgan fingerprint density at radius 1 is 0.873 bits per heavy atom. The number of anilines is 1. The molecule has 294 valence electrons. The van der Waals surface area contributed by atoms with Gasteiger partial charge < -0.3 is 29.0 Å². The number of phenols is 1. The van der Waals surface area contributed by atoms with Gasteiger partial charge in [0.25, 0.3) is 0 Å². The number of rotatable bonds is 16. The molecule has 55 heavy (non-hydrogen) atoms. The van der Waals surface area contributed by atoms with Crippen molar-refractivity contribution in [2.24, 2.45) is 10.2 Å². The third-order valence-corrected chi connectivity index (χ3v) is 10.2. The van der Waals surface area contributed by atoms with Gasteiger partial charge in [0.15, 0.2) is 0 Å². The molecule has 3 aromatic carbocycles. The maximum Gasteiger partial charge on any atom is 0.238 e. The van der Waals surface area contributed by atoms with Gasteiger partial charge in [0.1, 0.15) is 30.2 Å². The van der Waals surface area contributed by atoms with Gasteiger partial charge in [-0.1, -0.05) is 24.3 Å². The van der Waals surface area contributed by atoms with Crippen LogP contribution in [-0.2, 0) is 15.9 Å². The maximum absolute atomic E-state index is 11.5. The monoisotopic (exact) mass is 976 g/mol.